The van der Waals surface area contributed by atoms with Crippen LogP contribution in [0.1, 0.15) is 40.0 Å². The highest BCUT2D eigenvalue weighted by Gasteiger charge is 2.04. The first kappa shape index (κ1) is 12.5. The van der Waals surface area contributed by atoms with Crippen molar-refractivity contribution in [2.75, 3.05) is 13.6 Å². The van der Waals surface area contributed by atoms with Gasteiger partial charge in [-0.2, -0.15) is 0 Å². The molecule has 1 unspecified atom stereocenters. The molecule has 0 aliphatic rings. The van der Waals surface area contributed by atoms with Crippen LogP contribution in [0.2, 0.25) is 0 Å². The van der Waals surface area contributed by atoms with Crippen molar-refractivity contribution in [2.24, 2.45) is 0 Å². The molecule has 0 fully saturated rings. The molecule has 0 saturated carbocycles. The molecule has 0 aromatic rings. The number of rotatable bonds is 6. The van der Waals surface area contributed by atoms with Gasteiger partial charge in [-0.25, -0.2) is 0 Å². The van der Waals surface area contributed by atoms with E-state index in [0.717, 1.165) is 12.8 Å². The quantitative estimate of drug-likeness (QED) is 0.569. The summed E-state index contributed by atoms with van der Waals surface area (Å²) in [5.41, 5.74) is 3.19. The number of nitrogens with zero attached hydrogens (tertiary/aromatic N) is 1. The van der Waals surface area contributed by atoms with Gasteiger partial charge in [-0.15, -0.1) is 5.73 Å². The van der Waals surface area contributed by atoms with Gasteiger partial charge in [-0.05, 0) is 51.9 Å². The van der Waals surface area contributed by atoms with Gasteiger partial charge in [0.25, 0.3) is 0 Å². The van der Waals surface area contributed by atoms with E-state index in [1.807, 2.05) is 0 Å². The molecule has 13 heavy (non-hydrogen) atoms. The van der Waals surface area contributed by atoms with E-state index in [0.29, 0.717) is 6.04 Å². The lowest BCUT2D eigenvalue weighted by Crippen LogP contribution is -2.29. The van der Waals surface area contributed by atoms with Crippen LogP contribution in [0.15, 0.2) is 17.9 Å². The third-order valence-electron chi connectivity index (χ3n) is 2.23. The molecule has 1 heteroatoms. The summed E-state index contributed by atoms with van der Waals surface area (Å²) in [7, 11) is 2.19. The Morgan fingerprint density at radius 1 is 1.31 bits per heavy atom. The van der Waals surface area contributed by atoms with Crippen molar-refractivity contribution in [3.8, 4) is 0 Å². The first-order valence-electron chi connectivity index (χ1n) is 5.32. The monoisotopic (exact) mass is 181 g/mol. The van der Waals surface area contributed by atoms with Crippen molar-refractivity contribution in [3.63, 3.8) is 0 Å². The minimum atomic E-state index is 0.637. The summed E-state index contributed by atoms with van der Waals surface area (Å²) in [4.78, 5) is 2.39. The molecule has 0 aromatic carbocycles. The summed E-state index contributed by atoms with van der Waals surface area (Å²) in [6.45, 7) is 7.80. The summed E-state index contributed by atoms with van der Waals surface area (Å²) in [5.74, 6) is 0. The van der Waals surface area contributed by atoms with Crippen LogP contribution in [-0.4, -0.2) is 24.5 Å². The highest BCUT2D eigenvalue weighted by Crippen LogP contribution is 2.01. The largest absolute Gasteiger partial charge is 0.303 e. The predicted molar refractivity (Wildman–Crippen MR) is 59.9 cm³/mol. The third kappa shape index (κ3) is 6.62. The zero-order chi connectivity index (χ0) is 10.1. The van der Waals surface area contributed by atoms with Crippen LogP contribution in [0.4, 0.5) is 0 Å². The van der Waals surface area contributed by atoms with Crippen molar-refractivity contribution < 1.29 is 0 Å². The lowest BCUT2D eigenvalue weighted by molar-refractivity contribution is 0.260. The molecule has 1 atom stereocenters. The van der Waals surface area contributed by atoms with E-state index in [4.69, 9.17) is 0 Å². The van der Waals surface area contributed by atoms with Gasteiger partial charge >= 0.3 is 0 Å². The fourth-order valence-electron chi connectivity index (χ4n) is 1.19. The van der Waals surface area contributed by atoms with Gasteiger partial charge in [0, 0.05) is 6.04 Å². The van der Waals surface area contributed by atoms with Gasteiger partial charge in [0.1, 0.15) is 0 Å². The molecular weight excluding hydrogens is 158 g/mol. The molecule has 0 N–H and O–H groups in total. The molecule has 0 spiro atoms. The van der Waals surface area contributed by atoms with E-state index in [2.05, 4.69) is 50.6 Å². The average Bonchev–Trinajstić information content (AvgIpc) is 2.12. The van der Waals surface area contributed by atoms with Crippen molar-refractivity contribution in [2.45, 2.75) is 46.1 Å². The zero-order valence-electron chi connectivity index (χ0n) is 9.51. The van der Waals surface area contributed by atoms with Crippen molar-refractivity contribution >= 4 is 0 Å². The van der Waals surface area contributed by atoms with Crippen LogP contribution < -0.4 is 0 Å². The molecule has 0 amide bonds. The van der Waals surface area contributed by atoms with E-state index < -0.39 is 0 Å². The summed E-state index contributed by atoms with van der Waals surface area (Å²) in [6.07, 6.45) is 7.63. The van der Waals surface area contributed by atoms with Gasteiger partial charge in [0.15, 0.2) is 0 Å². The highest BCUT2D eigenvalue weighted by atomic mass is 15.1. The third-order valence-corrected chi connectivity index (χ3v) is 2.23. The summed E-state index contributed by atoms with van der Waals surface area (Å²) >= 11 is 0. The fourth-order valence-corrected chi connectivity index (χ4v) is 1.19. The van der Waals surface area contributed by atoms with Crippen LogP contribution in [0.25, 0.3) is 0 Å². The molecule has 0 saturated heterocycles. The van der Waals surface area contributed by atoms with Crippen molar-refractivity contribution in [1.29, 1.82) is 0 Å². The standard InChI is InChI=1S/C12H23N/c1-5-7-8-9-10-12(3)13(4)11-6-2/h7,9,12H,5-6,10-11H2,1-4H3. The minimum absolute atomic E-state index is 0.637. The van der Waals surface area contributed by atoms with Crippen molar-refractivity contribution in [3.05, 3.63) is 17.9 Å². The van der Waals surface area contributed by atoms with Crippen molar-refractivity contribution in [1.82, 2.24) is 4.90 Å². The molecule has 1 nitrogen and oxygen atoms in total. The van der Waals surface area contributed by atoms with E-state index in [1.165, 1.54) is 13.0 Å². The van der Waals surface area contributed by atoms with E-state index in [-0.39, 0.29) is 0 Å². The van der Waals surface area contributed by atoms with Crippen LogP contribution in [0, 0.1) is 0 Å². The van der Waals surface area contributed by atoms with Crippen LogP contribution in [-0.2, 0) is 0 Å². The Morgan fingerprint density at radius 2 is 2.00 bits per heavy atom. The van der Waals surface area contributed by atoms with E-state index in [9.17, 15) is 0 Å². The topological polar surface area (TPSA) is 3.24 Å². The summed E-state index contributed by atoms with van der Waals surface area (Å²) in [5, 5.41) is 0. The molecule has 0 aliphatic carbocycles. The molecule has 0 bridgehead atoms. The average molecular weight is 181 g/mol. The van der Waals surface area contributed by atoms with Crippen LogP contribution in [0.3, 0.4) is 0 Å². The van der Waals surface area contributed by atoms with Gasteiger partial charge < -0.3 is 4.90 Å². The Hall–Kier alpha value is -0.520. The predicted octanol–water partition coefficient (Wildman–Crippen LogP) is 3.23. The highest BCUT2D eigenvalue weighted by molar-refractivity contribution is 4.86. The Balaban J connectivity index is 3.72. The lowest BCUT2D eigenvalue weighted by Gasteiger charge is -2.22. The summed E-state index contributed by atoms with van der Waals surface area (Å²) < 4.78 is 0. The molecule has 0 heterocycles. The molecule has 0 aliphatic heterocycles. The second kappa shape index (κ2) is 8.10. The Labute approximate surface area is 83.1 Å². The second-order valence-corrected chi connectivity index (χ2v) is 3.55. The Bertz CT molecular complexity index is 166. The maximum Gasteiger partial charge on any atom is 0.0104 e. The SMILES string of the molecule is CCC=C=CCC(C)N(C)CCC. The normalized spacial score (nSPS) is 12.4. The molecule has 0 aromatic heterocycles. The van der Waals surface area contributed by atoms with Crippen LogP contribution >= 0.6 is 0 Å². The Kier molecular flexibility index (Phi) is 7.77. The maximum absolute atomic E-state index is 3.19. The molecule has 0 radical (unpaired) electrons. The van der Waals surface area contributed by atoms with Gasteiger partial charge in [-0.1, -0.05) is 13.8 Å². The number of hydrogen-bond donors (Lipinski definition) is 0. The zero-order valence-corrected chi connectivity index (χ0v) is 9.51. The fraction of sp³-hybridized carbons (Fsp3) is 0.750. The maximum atomic E-state index is 3.19. The first-order valence-corrected chi connectivity index (χ1v) is 5.32. The molecule has 76 valence electrons. The first-order chi connectivity index (χ1) is 6.22. The second-order valence-electron chi connectivity index (χ2n) is 3.55. The Morgan fingerprint density at radius 3 is 2.54 bits per heavy atom. The van der Waals surface area contributed by atoms with Gasteiger partial charge in [-0.3, -0.25) is 0 Å². The minimum Gasteiger partial charge on any atom is -0.303 e. The van der Waals surface area contributed by atoms with E-state index in [1.54, 1.807) is 0 Å². The number of hydrogen-bond acceptors (Lipinski definition) is 1. The van der Waals surface area contributed by atoms with Gasteiger partial charge in [0.05, 0.1) is 0 Å². The smallest absolute Gasteiger partial charge is 0.0104 e. The lowest BCUT2D eigenvalue weighted by atomic mass is 10.2. The molecule has 0 rings (SSSR count). The summed E-state index contributed by atoms with van der Waals surface area (Å²) in [6, 6.07) is 0.637. The van der Waals surface area contributed by atoms with Gasteiger partial charge in [0.2, 0.25) is 0 Å². The van der Waals surface area contributed by atoms with E-state index >= 15 is 0 Å². The molecular formula is C12H23N. The van der Waals surface area contributed by atoms with Crippen LogP contribution in [0.5, 0.6) is 0 Å².